The van der Waals surface area contributed by atoms with E-state index >= 15 is 0 Å². The van der Waals surface area contributed by atoms with Gasteiger partial charge >= 0.3 is 0 Å². The molecule has 16 heavy (non-hydrogen) atoms. The van der Waals surface area contributed by atoms with E-state index in [1.165, 1.54) is 6.33 Å². The number of nitrogens with zero attached hydrogens (tertiary/aromatic N) is 3. The number of rotatable bonds is 2. The van der Waals surface area contributed by atoms with Crippen LogP contribution in [0.3, 0.4) is 0 Å². The molecule has 1 fully saturated rings. The summed E-state index contributed by atoms with van der Waals surface area (Å²) in [5, 5.41) is 4.61. The summed E-state index contributed by atoms with van der Waals surface area (Å²) < 4.78 is 23.2. The summed E-state index contributed by atoms with van der Waals surface area (Å²) >= 11 is 3.33. The van der Waals surface area contributed by atoms with Gasteiger partial charge in [0.2, 0.25) is 10.0 Å². The molecule has 6 nitrogen and oxygen atoms in total. The average molecular weight is 307 g/mol. The summed E-state index contributed by atoms with van der Waals surface area (Å²) in [6.07, 6.45) is 3.60. The summed E-state index contributed by atoms with van der Waals surface area (Å²) in [6.45, 7) is 1.02. The standard InChI is InChI=1S/C8H11BrN4O2S/c9-7-3-11-5-12-8(7)13-2-1-6(4-13)16(10,14)15/h3,5-6H,1-2,4H2,(H2,10,14,15)/t6-/m0/s1. The Balaban J connectivity index is 2.19. The summed E-state index contributed by atoms with van der Waals surface area (Å²) in [5.41, 5.74) is 0. The summed E-state index contributed by atoms with van der Waals surface area (Å²) in [6, 6.07) is 0. The third-order valence-corrected chi connectivity index (χ3v) is 4.43. The minimum absolute atomic E-state index is 0.383. The van der Waals surface area contributed by atoms with Crippen molar-refractivity contribution < 1.29 is 8.42 Å². The molecule has 88 valence electrons. The van der Waals surface area contributed by atoms with Crippen molar-refractivity contribution in [2.45, 2.75) is 11.7 Å². The summed E-state index contributed by atoms with van der Waals surface area (Å²) in [7, 11) is -3.46. The molecule has 0 spiro atoms. The maximum absolute atomic E-state index is 11.2. The van der Waals surface area contributed by atoms with Gasteiger partial charge in [-0.05, 0) is 22.4 Å². The van der Waals surface area contributed by atoms with E-state index in [-0.39, 0.29) is 0 Å². The second-order valence-electron chi connectivity index (χ2n) is 3.64. The highest BCUT2D eigenvalue weighted by Gasteiger charge is 2.31. The van der Waals surface area contributed by atoms with Crippen LogP contribution in [0.5, 0.6) is 0 Å². The van der Waals surface area contributed by atoms with Gasteiger partial charge in [-0.25, -0.2) is 23.5 Å². The van der Waals surface area contributed by atoms with E-state index < -0.39 is 15.3 Å². The second-order valence-corrected chi connectivity index (χ2v) is 6.34. The minimum Gasteiger partial charge on any atom is -0.354 e. The maximum Gasteiger partial charge on any atom is 0.213 e. The molecule has 0 unspecified atom stereocenters. The van der Waals surface area contributed by atoms with Gasteiger partial charge in [-0.2, -0.15) is 0 Å². The molecule has 2 heterocycles. The third kappa shape index (κ3) is 2.33. The fraction of sp³-hybridized carbons (Fsp3) is 0.500. The first-order valence-corrected chi connectivity index (χ1v) is 7.11. The molecule has 1 aromatic heterocycles. The van der Waals surface area contributed by atoms with E-state index in [0.717, 1.165) is 4.47 Å². The van der Waals surface area contributed by atoms with Crippen LogP contribution >= 0.6 is 15.9 Å². The third-order valence-electron chi connectivity index (χ3n) is 2.56. The molecule has 0 saturated carbocycles. The van der Waals surface area contributed by atoms with E-state index in [2.05, 4.69) is 25.9 Å². The Morgan fingerprint density at radius 3 is 2.88 bits per heavy atom. The van der Waals surface area contributed by atoms with Crippen LogP contribution in [0, 0.1) is 0 Å². The van der Waals surface area contributed by atoms with Gasteiger partial charge < -0.3 is 4.90 Å². The Kier molecular flexibility index (Phi) is 3.13. The monoisotopic (exact) mass is 306 g/mol. The van der Waals surface area contributed by atoms with Crippen LogP contribution in [0.4, 0.5) is 5.82 Å². The molecule has 0 bridgehead atoms. The quantitative estimate of drug-likeness (QED) is 0.837. The van der Waals surface area contributed by atoms with Gasteiger partial charge in [-0.3, -0.25) is 0 Å². The predicted octanol–water partition coefficient (Wildman–Crippen LogP) is 0.106. The largest absolute Gasteiger partial charge is 0.354 e. The van der Waals surface area contributed by atoms with Crippen molar-refractivity contribution in [3.8, 4) is 0 Å². The van der Waals surface area contributed by atoms with Crippen molar-refractivity contribution in [3.05, 3.63) is 17.0 Å². The molecule has 1 saturated heterocycles. The summed E-state index contributed by atoms with van der Waals surface area (Å²) in [4.78, 5) is 9.86. The molecule has 8 heteroatoms. The first kappa shape index (κ1) is 11.7. The Morgan fingerprint density at radius 1 is 1.56 bits per heavy atom. The van der Waals surface area contributed by atoms with Gasteiger partial charge in [0.05, 0.1) is 9.72 Å². The normalized spacial score (nSPS) is 21.4. The number of halogens is 1. The highest BCUT2D eigenvalue weighted by Crippen LogP contribution is 2.26. The van der Waals surface area contributed by atoms with Gasteiger partial charge in [0.25, 0.3) is 0 Å². The topological polar surface area (TPSA) is 89.2 Å². The number of anilines is 1. The number of primary sulfonamides is 1. The lowest BCUT2D eigenvalue weighted by Gasteiger charge is -2.17. The number of hydrogen-bond acceptors (Lipinski definition) is 5. The molecule has 2 N–H and O–H groups in total. The van der Waals surface area contributed by atoms with Crippen molar-refractivity contribution in [2.24, 2.45) is 5.14 Å². The minimum atomic E-state index is -3.46. The fourth-order valence-corrected chi connectivity index (χ4v) is 3.02. The van der Waals surface area contributed by atoms with Gasteiger partial charge in [-0.15, -0.1) is 0 Å². The van der Waals surface area contributed by atoms with Crippen LogP contribution in [-0.4, -0.2) is 36.7 Å². The molecule has 0 aromatic carbocycles. The fourth-order valence-electron chi connectivity index (χ4n) is 1.73. The molecular weight excluding hydrogens is 296 g/mol. The van der Waals surface area contributed by atoms with E-state index in [1.807, 2.05) is 4.90 Å². The molecule has 1 aliphatic heterocycles. The van der Waals surface area contributed by atoms with Gasteiger partial charge in [0.1, 0.15) is 12.1 Å². The highest BCUT2D eigenvalue weighted by molar-refractivity contribution is 9.10. The number of hydrogen-bond donors (Lipinski definition) is 1. The molecule has 1 atom stereocenters. The lowest BCUT2D eigenvalue weighted by Crippen LogP contribution is -2.32. The van der Waals surface area contributed by atoms with Crippen LogP contribution in [0.2, 0.25) is 0 Å². The molecule has 2 rings (SSSR count). The van der Waals surface area contributed by atoms with Crippen LogP contribution in [0.1, 0.15) is 6.42 Å². The van der Waals surface area contributed by atoms with Crippen LogP contribution in [-0.2, 0) is 10.0 Å². The second kappa shape index (κ2) is 4.27. The van der Waals surface area contributed by atoms with Gasteiger partial charge in [0.15, 0.2) is 0 Å². The Labute approximate surface area is 102 Å². The molecular formula is C8H11BrN4O2S. The van der Waals surface area contributed by atoms with E-state index in [9.17, 15) is 8.42 Å². The van der Waals surface area contributed by atoms with E-state index in [1.54, 1.807) is 6.20 Å². The van der Waals surface area contributed by atoms with Crippen LogP contribution < -0.4 is 10.0 Å². The molecule has 0 aliphatic carbocycles. The molecule has 1 aliphatic rings. The lowest BCUT2D eigenvalue weighted by atomic mass is 10.4. The van der Waals surface area contributed by atoms with Crippen molar-refractivity contribution >= 4 is 31.8 Å². The lowest BCUT2D eigenvalue weighted by molar-refractivity contribution is 0.585. The number of nitrogens with two attached hydrogens (primary N) is 1. The van der Waals surface area contributed by atoms with Crippen LogP contribution in [0.15, 0.2) is 17.0 Å². The van der Waals surface area contributed by atoms with Crippen molar-refractivity contribution in [2.75, 3.05) is 18.0 Å². The number of aromatic nitrogens is 2. The Hall–Kier alpha value is -0.730. The molecule has 0 radical (unpaired) electrons. The van der Waals surface area contributed by atoms with Gasteiger partial charge in [-0.1, -0.05) is 0 Å². The summed E-state index contributed by atoms with van der Waals surface area (Å²) in [5.74, 6) is 0.709. The van der Waals surface area contributed by atoms with E-state index in [4.69, 9.17) is 5.14 Å². The van der Waals surface area contributed by atoms with Crippen molar-refractivity contribution in [3.63, 3.8) is 0 Å². The smallest absolute Gasteiger partial charge is 0.213 e. The Morgan fingerprint density at radius 2 is 2.31 bits per heavy atom. The maximum atomic E-state index is 11.2. The zero-order valence-electron chi connectivity index (χ0n) is 8.38. The number of sulfonamides is 1. The SMILES string of the molecule is NS(=O)(=O)[C@H]1CCN(c2ncncc2Br)C1. The Bertz CT molecular complexity index is 493. The van der Waals surface area contributed by atoms with Crippen LogP contribution in [0.25, 0.3) is 0 Å². The van der Waals surface area contributed by atoms with Gasteiger partial charge in [0, 0.05) is 19.3 Å². The van der Waals surface area contributed by atoms with Crippen molar-refractivity contribution in [1.82, 2.24) is 9.97 Å². The highest BCUT2D eigenvalue weighted by atomic mass is 79.9. The average Bonchev–Trinajstić information content (AvgIpc) is 2.66. The van der Waals surface area contributed by atoms with E-state index in [0.29, 0.717) is 25.3 Å². The first-order valence-electron chi connectivity index (χ1n) is 4.70. The predicted molar refractivity (Wildman–Crippen MR) is 63.5 cm³/mol. The van der Waals surface area contributed by atoms with Crippen molar-refractivity contribution in [1.29, 1.82) is 0 Å². The molecule has 0 amide bonds. The first-order chi connectivity index (χ1) is 7.48. The zero-order chi connectivity index (χ0) is 11.8. The molecule has 1 aromatic rings. The zero-order valence-corrected chi connectivity index (χ0v) is 10.8.